The normalized spacial score (nSPS) is 17.5. The first-order valence-corrected chi connectivity index (χ1v) is 17.7. The van der Waals surface area contributed by atoms with Crippen molar-refractivity contribution in [2.24, 2.45) is 0 Å². The number of aryl methyl sites for hydroxylation is 1. The van der Waals surface area contributed by atoms with Crippen LogP contribution < -0.4 is 0 Å². The zero-order valence-corrected chi connectivity index (χ0v) is 28.9. The lowest BCUT2D eigenvalue weighted by molar-refractivity contribution is 0.0652. The van der Waals surface area contributed by atoms with Crippen LogP contribution in [0.4, 0.5) is 4.79 Å². The zero-order chi connectivity index (χ0) is 32.8. The van der Waals surface area contributed by atoms with Gasteiger partial charge >= 0.3 is 6.09 Å². The Morgan fingerprint density at radius 2 is 1.32 bits per heavy atom. The average Bonchev–Trinajstić information content (AvgIpc) is 3.08. The summed E-state index contributed by atoms with van der Waals surface area (Å²) in [4.78, 5) is 16.0. The summed E-state index contributed by atoms with van der Waals surface area (Å²) in [5.41, 5.74) is 1.32. The van der Waals surface area contributed by atoms with E-state index in [-0.39, 0.29) is 6.09 Å². The number of carbonyl (C=O) groups is 1. The highest BCUT2D eigenvalue weighted by Gasteiger charge is 2.27. The van der Waals surface area contributed by atoms with Gasteiger partial charge in [0.15, 0.2) is 0 Å². The van der Waals surface area contributed by atoms with Gasteiger partial charge in [0.05, 0.1) is 12.0 Å². The van der Waals surface area contributed by atoms with E-state index >= 15 is 0 Å². The maximum absolute atomic E-state index is 12.2. The number of terminal acetylenes is 1. The van der Waals surface area contributed by atoms with E-state index in [1.54, 1.807) is 33.5 Å². The Morgan fingerprint density at radius 3 is 1.77 bits per heavy atom. The minimum Gasteiger partial charge on any atom is -0.453 e. The molecule has 1 amide bonds. The molecule has 5 rings (SSSR count). The number of halogens is 1. The number of rotatable bonds is 3. The number of piperidine rings is 1. The molecular formula is C35H54ClN3O4S. The van der Waals surface area contributed by atoms with Gasteiger partial charge in [-0.05, 0) is 56.9 Å². The highest BCUT2D eigenvalue weighted by atomic mass is 35.5. The van der Waals surface area contributed by atoms with Crippen molar-refractivity contribution in [3.8, 4) is 12.8 Å². The topological polar surface area (TPSA) is 70.2 Å². The molecule has 0 unspecified atom stereocenters. The number of sulfonamides is 1. The van der Waals surface area contributed by atoms with Gasteiger partial charge in [0.25, 0.3) is 0 Å². The van der Waals surface area contributed by atoms with Crippen LogP contribution in [0, 0.1) is 19.8 Å². The molecule has 0 N–H and O–H groups in total. The molecule has 0 spiro atoms. The number of ether oxygens (including phenoxy) is 1. The van der Waals surface area contributed by atoms with E-state index in [1.165, 1.54) is 51.2 Å². The third kappa shape index (κ3) is 14.5. The van der Waals surface area contributed by atoms with Crippen molar-refractivity contribution < 1.29 is 17.9 Å². The van der Waals surface area contributed by atoms with Crippen LogP contribution in [0.3, 0.4) is 0 Å². The summed E-state index contributed by atoms with van der Waals surface area (Å²) in [6, 6.07) is 17.4. The van der Waals surface area contributed by atoms with Crippen molar-refractivity contribution in [1.29, 1.82) is 0 Å². The van der Waals surface area contributed by atoms with Gasteiger partial charge in [0.1, 0.15) is 0 Å². The van der Waals surface area contributed by atoms with E-state index in [0.717, 1.165) is 51.5 Å². The van der Waals surface area contributed by atoms with Crippen molar-refractivity contribution >= 4 is 27.7 Å². The van der Waals surface area contributed by atoms with Gasteiger partial charge in [0, 0.05) is 50.3 Å². The molecule has 0 radical (unpaired) electrons. The molecule has 246 valence electrons. The molecule has 0 aromatic heterocycles. The standard InChI is InChI=1S/C12H22N2O2.C11H14ClNO2S.C7H8.C3H8.C2H2/c1-16-12(15)14-9-7-13(8-10-14)11-5-3-2-4-6-11;12-10-4-6-11(7-5-10)16(14,15)13-8-2-1-3-9-13;1-7-5-3-2-4-6-7;1-3-2;1-2/h11H,2-10H2,1H3;4-7H,1-3,8-9H2;2-6H,1H3;3H2,1-2H3;1-2H. The van der Waals surface area contributed by atoms with Gasteiger partial charge in [0.2, 0.25) is 10.0 Å². The molecule has 2 heterocycles. The van der Waals surface area contributed by atoms with Crippen molar-refractivity contribution in [3.05, 3.63) is 65.2 Å². The molecule has 1 saturated carbocycles. The Hall–Kier alpha value is -2.57. The van der Waals surface area contributed by atoms with Crippen LogP contribution in [0.25, 0.3) is 0 Å². The van der Waals surface area contributed by atoms with E-state index in [1.807, 2.05) is 18.2 Å². The summed E-state index contributed by atoms with van der Waals surface area (Å²) in [6.45, 7) is 11.3. The molecular weight excluding hydrogens is 594 g/mol. The zero-order valence-electron chi connectivity index (χ0n) is 27.3. The summed E-state index contributed by atoms with van der Waals surface area (Å²) in [7, 11) is -1.85. The molecule has 0 bridgehead atoms. The maximum Gasteiger partial charge on any atom is 0.409 e. The predicted molar refractivity (Wildman–Crippen MR) is 184 cm³/mol. The Bertz CT molecular complexity index is 1140. The summed E-state index contributed by atoms with van der Waals surface area (Å²) >= 11 is 5.74. The molecule has 0 atom stereocenters. The Morgan fingerprint density at radius 1 is 0.818 bits per heavy atom. The maximum atomic E-state index is 12.2. The Labute approximate surface area is 273 Å². The molecule has 2 aliphatic heterocycles. The van der Waals surface area contributed by atoms with Gasteiger partial charge in [-0.25, -0.2) is 13.2 Å². The molecule has 44 heavy (non-hydrogen) atoms. The van der Waals surface area contributed by atoms with Crippen molar-refractivity contribution in [2.75, 3.05) is 46.4 Å². The number of benzene rings is 2. The van der Waals surface area contributed by atoms with Gasteiger partial charge in [-0.3, -0.25) is 4.90 Å². The lowest BCUT2D eigenvalue weighted by Crippen LogP contribution is -2.52. The van der Waals surface area contributed by atoms with Crippen LogP contribution in [0.15, 0.2) is 59.5 Å². The second kappa shape index (κ2) is 22.9. The Kier molecular flexibility index (Phi) is 20.5. The molecule has 9 heteroatoms. The summed E-state index contributed by atoms with van der Waals surface area (Å²) in [5, 5.41) is 0.553. The second-order valence-corrected chi connectivity index (χ2v) is 13.4. The molecule has 2 aromatic carbocycles. The van der Waals surface area contributed by atoms with Crippen molar-refractivity contribution in [1.82, 2.24) is 14.1 Å². The summed E-state index contributed by atoms with van der Waals surface area (Å²) in [5.74, 6) is 0. The fourth-order valence-electron chi connectivity index (χ4n) is 5.24. The van der Waals surface area contributed by atoms with E-state index < -0.39 is 10.0 Å². The number of methoxy groups -OCH3 is 1. The highest BCUT2D eigenvalue weighted by molar-refractivity contribution is 7.89. The fraction of sp³-hybridized carbons (Fsp3) is 0.571. The summed E-state index contributed by atoms with van der Waals surface area (Å²) in [6.07, 6.45) is 18.9. The van der Waals surface area contributed by atoms with Crippen LogP contribution in [0.5, 0.6) is 0 Å². The minimum absolute atomic E-state index is 0.178. The smallest absolute Gasteiger partial charge is 0.409 e. The van der Waals surface area contributed by atoms with Gasteiger partial charge in [-0.1, -0.05) is 93.4 Å². The highest BCUT2D eigenvalue weighted by Crippen LogP contribution is 2.24. The number of nitrogens with zero attached hydrogens (tertiary/aromatic N) is 3. The monoisotopic (exact) mass is 647 g/mol. The number of carbonyl (C=O) groups excluding carboxylic acids is 1. The number of hydrogen-bond donors (Lipinski definition) is 0. The molecule has 2 saturated heterocycles. The van der Waals surface area contributed by atoms with Crippen LogP contribution >= 0.6 is 11.6 Å². The quantitative estimate of drug-likeness (QED) is 0.317. The molecule has 1 aliphatic carbocycles. The van der Waals surface area contributed by atoms with Gasteiger partial charge in [-0.2, -0.15) is 4.31 Å². The number of amides is 1. The second-order valence-electron chi connectivity index (χ2n) is 11.1. The molecule has 2 aromatic rings. The first-order chi connectivity index (χ1) is 21.2. The number of hydrogen-bond acceptors (Lipinski definition) is 5. The lowest BCUT2D eigenvalue weighted by Gasteiger charge is -2.40. The van der Waals surface area contributed by atoms with E-state index in [9.17, 15) is 13.2 Å². The predicted octanol–water partition coefficient (Wildman–Crippen LogP) is 7.88. The fourth-order valence-corrected chi connectivity index (χ4v) is 6.88. The Balaban J connectivity index is 0.000000325. The SMILES string of the molecule is C#C.CCC.COC(=O)N1CCN(C2CCCCC2)CC1.Cc1ccccc1.O=S(=O)(c1ccc(Cl)cc1)N1CCCCC1. The van der Waals surface area contributed by atoms with E-state index in [2.05, 4.69) is 50.7 Å². The minimum atomic E-state index is -3.30. The lowest BCUT2D eigenvalue weighted by atomic mass is 9.94. The van der Waals surface area contributed by atoms with Crippen LogP contribution in [0.1, 0.15) is 77.2 Å². The van der Waals surface area contributed by atoms with Crippen LogP contribution in [-0.2, 0) is 14.8 Å². The first kappa shape index (κ1) is 39.5. The van der Waals surface area contributed by atoms with Crippen molar-refractivity contribution in [2.45, 2.75) is 89.5 Å². The third-order valence-corrected chi connectivity index (χ3v) is 9.71. The average molecular weight is 648 g/mol. The first-order valence-electron chi connectivity index (χ1n) is 15.9. The van der Waals surface area contributed by atoms with Crippen molar-refractivity contribution in [3.63, 3.8) is 0 Å². The van der Waals surface area contributed by atoms with Crippen LogP contribution in [0.2, 0.25) is 5.02 Å². The summed E-state index contributed by atoms with van der Waals surface area (Å²) < 4.78 is 30.7. The van der Waals surface area contributed by atoms with Gasteiger partial charge in [-0.15, -0.1) is 12.8 Å². The van der Waals surface area contributed by atoms with E-state index in [4.69, 9.17) is 16.3 Å². The van der Waals surface area contributed by atoms with Gasteiger partial charge < -0.3 is 9.64 Å². The number of piperazine rings is 1. The largest absolute Gasteiger partial charge is 0.453 e. The van der Waals surface area contributed by atoms with Crippen LogP contribution in [-0.4, -0.2) is 81.0 Å². The van der Waals surface area contributed by atoms with E-state index in [0.29, 0.717) is 23.0 Å². The third-order valence-electron chi connectivity index (χ3n) is 7.55. The molecule has 7 nitrogen and oxygen atoms in total. The molecule has 3 aliphatic rings. The molecule has 3 fully saturated rings.